The first-order valence-corrected chi connectivity index (χ1v) is 7.57. The van der Waals surface area contributed by atoms with Crippen LogP contribution in [0, 0.1) is 11.3 Å². The summed E-state index contributed by atoms with van der Waals surface area (Å²) in [7, 11) is 0. The lowest BCUT2D eigenvalue weighted by molar-refractivity contribution is -0.124. The maximum absolute atomic E-state index is 12.4. The number of carbonyl (C=O) groups is 1. The van der Waals surface area contributed by atoms with E-state index in [4.69, 9.17) is 10.5 Å². The molecule has 0 aromatic heterocycles. The molecule has 4 heteroatoms. The molecule has 2 unspecified atom stereocenters. The number of nitrogens with one attached hydrogen (secondary N) is 1. The predicted octanol–water partition coefficient (Wildman–Crippen LogP) is 3.03. The van der Waals surface area contributed by atoms with Crippen molar-refractivity contribution in [3.63, 3.8) is 0 Å². The summed E-state index contributed by atoms with van der Waals surface area (Å²) in [5.41, 5.74) is 7.42. The van der Waals surface area contributed by atoms with E-state index >= 15 is 0 Å². The summed E-state index contributed by atoms with van der Waals surface area (Å²) >= 11 is 0. The van der Waals surface area contributed by atoms with Gasteiger partial charge in [-0.15, -0.1) is 0 Å². The van der Waals surface area contributed by atoms with Crippen LogP contribution in [0.4, 0.5) is 5.69 Å². The Morgan fingerprint density at radius 1 is 1.29 bits per heavy atom. The summed E-state index contributed by atoms with van der Waals surface area (Å²) in [6.07, 6.45) is 1.72. The molecule has 1 aliphatic carbocycles. The molecule has 0 saturated heterocycles. The Morgan fingerprint density at radius 2 is 1.95 bits per heavy atom. The maximum atomic E-state index is 12.4. The lowest BCUT2D eigenvalue weighted by Gasteiger charge is -2.38. The van der Waals surface area contributed by atoms with Gasteiger partial charge in [-0.3, -0.25) is 4.79 Å². The molecule has 0 radical (unpaired) electrons. The van der Waals surface area contributed by atoms with Crippen molar-refractivity contribution in [1.29, 1.82) is 0 Å². The standard InChI is InChI=1S/C17H24N2O2/c1-16(2)8-12(16)15(20)19-13-9-17(3,4)21-14-6-5-10(18)7-11(13)14/h5-7,12-13H,8-9,18H2,1-4H3,(H,19,20). The number of anilines is 1. The van der Waals surface area contributed by atoms with Crippen molar-refractivity contribution < 1.29 is 9.53 Å². The lowest BCUT2D eigenvalue weighted by atomic mass is 9.89. The molecular formula is C17H24N2O2. The van der Waals surface area contributed by atoms with Crippen molar-refractivity contribution >= 4 is 11.6 Å². The SMILES string of the molecule is CC1(C)CC(NC(=O)C2CC2(C)C)c2cc(N)ccc2O1. The molecule has 21 heavy (non-hydrogen) atoms. The van der Waals surface area contributed by atoms with Crippen LogP contribution in [0.2, 0.25) is 0 Å². The molecule has 1 aromatic carbocycles. The van der Waals surface area contributed by atoms with Crippen molar-refractivity contribution in [3.8, 4) is 5.75 Å². The zero-order chi connectivity index (χ0) is 15.4. The second-order valence-corrected chi connectivity index (χ2v) is 7.67. The molecule has 0 spiro atoms. The monoisotopic (exact) mass is 288 g/mol. The summed E-state index contributed by atoms with van der Waals surface area (Å²) in [6, 6.07) is 5.61. The van der Waals surface area contributed by atoms with Gasteiger partial charge in [0.2, 0.25) is 5.91 Å². The van der Waals surface area contributed by atoms with Gasteiger partial charge in [0, 0.05) is 23.6 Å². The van der Waals surface area contributed by atoms with Gasteiger partial charge in [-0.25, -0.2) is 0 Å². The van der Waals surface area contributed by atoms with E-state index in [0.717, 1.165) is 24.2 Å². The predicted molar refractivity (Wildman–Crippen MR) is 83.0 cm³/mol. The third kappa shape index (κ3) is 2.71. The second kappa shape index (κ2) is 4.39. The van der Waals surface area contributed by atoms with Gasteiger partial charge in [-0.1, -0.05) is 13.8 Å². The zero-order valence-corrected chi connectivity index (χ0v) is 13.2. The molecule has 2 atom stereocenters. The van der Waals surface area contributed by atoms with E-state index in [-0.39, 0.29) is 28.9 Å². The lowest BCUT2D eigenvalue weighted by Crippen LogP contribution is -2.42. The molecule has 1 amide bonds. The van der Waals surface area contributed by atoms with Crippen molar-refractivity contribution in [2.24, 2.45) is 11.3 Å². The smallest absolute Gasteiger partial charge is 0.224 e. The zero-order valence-electron chi connectivity index (χ0n) is 13.2. The summed E-state index contributed by atoms with van der Waals surface area (Å²) in [5, 5.41) is 3.20. The first kappa shape index (κ1) is 14.2. The van der Waals surface area contributed by atoms with Gasteiger partial charge in [-0.2, -0.15) is 0 Å². The molecule has 1 saturated carbocycles. The van der Waals surface area contributed by atoms with E-state index in [2.05, 4.69) is 19.2 Å². The molecule has 114 valence electrons. The van der Waals surface area contributed by atoms with Crippen molar-refractivity contribution in [3.05, 3.63) is 23.8 Å². The third-order valence-electron chi connectivity index (χ3n) is 4.64. The summed E-state index contributed by atoms with van der Waals surface area (Å²) in [6.45, 7) is 8.37. The van der Waals surface area contributed by atoms with Crippen LogP contribution in [-0.4, -0.2) is 11.5 Å². The van der Waals surface area contributed by atoms with Crippen LogP contribution in [0.25, 0.3) is 0 Å². The number of hydrogen-bond donors (Lipinski definition) is 2. The first-order chi connectivity index (χ1) is 9.68. The van der Waals surface area contributed by atoms with Crippen molar-refractivity contribution in [2.45, 2.75) is 52.2 Å². The maximum Gasteiger partial charge on any atom is 0.224 e. The summed E-state index contributed by atoms with van der Waals surface area (Å²) in [5.74, 6) is 1.10. The Bertz CT molecular complexity index is 592. The molecule has 2 aliphatic rings. The van der Waals surface area contributed by atoms with Crippen LogP contribution in [0.5, 0.6) is 5.75 Å². The molecule has 3 rings (SSSR count). The molecule has 4 nitrogen and oxygen atoms in total. The van der Waals surface area contributed by atoms with Crippen LogP contribution in [0.3, 0.4) is 0 Å². The molecule has 1 aliphatic heterocycles. The molecule has 1 aromatic rings. The highest BCUT2D eigenvalue weighted by Gasteiger charge is 2.51. The number of amides is 1. The quantitative estimate of drug-likeness (QED) is 0.822. The highest BCUT2D eigenvalue weighted by Crippen LogP contribution is 2.52. The Kier molecular flexibility index (Phi) is 2.98. The highest BCUT2D eigenvalue weighted by molar-refractivity contribution is 5.83. The fourth-order valence-electron chi connectivity index (χ4n) is 3.19. The number of ether oxygens (including phenoxy) is 1. The average Bonchev–Trinajstić information content (AvgIpc) is 2.99. The Morgan fingerprint density at radius 3 is 2.57 bits per heavy atom. The van der Waals surface area contributed by atoms with E-state index in [1.165, 1.54) is 0 Å². The van der Waals surface area contributed by atoms with Crippen LogP contribution in [0.1, 0.15) is 52.1 Å². The number of nitrogens with two attached hydrogens (primary N) is 1. The van der Waals surface area contributed by atoms with Gasteiger partial charge < -0.3 is 15.8 Å². The fourth-order valence-corrected chi connectivity index (χ4v) is 3.19. The van der Waals surface area contributed by atoms with E-state index in [1.807, 2.05) is 32.0 Å². The minimum absolute atomic E-state index is 0.0313. The first-order valence-electron chi connectivity index (χ1n) is 7.57. The topological polar surface area (TPSA) is 64.4 Å². The van der Waals surface area contributed by atoms with Gasteiger partial charge in [-0.05, 0) is 43.9 Å². The van der Waals surface area contributed by atoms with Crippen LogP contribution in [0.15, 0.2) is 18.2 Å². The highest BCUT2D eigenvalue weighted by atomic mass is 16.5. The summed E-state index contributed by atoms with van der Waals surface area (Å²) in [4.78, 5) is 12.4. The van der Waals surface area contributed by atoms with Gasteiger partial charge in [0.15, 0.2) is 0 Å². The number of carbonyl (C=O) groups excluding carboxylic acids is 1. The molecular weight excluding hydrogens is 264 g/mol. The largest absolute Gasteiger partial charge is 0.487 e. The van der Waals surface area contributed by atoms with Crippen LogP contribution in [-0.2, 0) is 4.79 Å². The third-order valence-corrected chi connectivity index (χ3v) is 4.64. The number of benzene rings is 1. The van der Waals surface area contributed by atoms with E-state index in [1.54, 1.807) is 0 Å². The van der Waals surface area contributed by atoms with E-state index < -0.39 is 0 Å². The van der Waals surface area contributed by atoms with Gasteiger partial charge in [0.25, 0.3) is 0 Å². The Hall–Kier alpha value is -1.71. The average molecular weight is 288 g/mol. The fraction of sp³-hybridized carbons (Fsp3) is 0.588. The number of fused-ring (bicyclic) bond motifs is 1. The molecule has 1 heterocycles. The van der Waals surface area contributed by atoms with Gasteiger partial charge in [0.05, 0.1) is 6.04 Å². The van der Waals surface area contributed by atoms with Gasteiger partial charge in [0.1, 0.15) is 11.4 Å². The number of hydrogen-bond acceptors (Lipinski definition) is 3. The van der Waals surface area contributed by atoms with E-state index in [0.29, 0.717) is 5.69 Å². The second-order valence-electron chi connectivity index (χ2n) is 7.67. The molecule has 3 N–H and O–H groups in total. The van der Waals surface area contributed by atoms with Gasteiger partial charge >= 0.3 is 0 Å². The van der Waals surface area contributed by atoms with Crippen molar-refractivity contribution in [2.75, 3.05) is 5.73 Å². The number of rotatable bonds is 2. The van der Waals surface area contributed by atoms with E-state index in [9.17, 15) is 4.79 Å². The minimum atomic E-state index is -0.292. The normalized spacial score (nSPS) is 28.2. The Balaban J connectivity index is 1.85. The number of nitrogen functional groups attached to an aromatic ring is 1. The summed E-state index contributed by atoms with van der Waals surface area (Å²) < 4.78 is 6.00. The molecule has 0 bridgehead atoms. The van der Waals surface area contributed by atoms with Crippen molar-refractivity contribution in [1.82, 2.24) is 5.32 Å². The minimum Gasteiger partial charge on any atom is -0.487 e. The van der Waals surface area contributed by atoms with Crippen LogP contribution >= 0.6 is 0 Å². The van der Waals surface area contributed by atoms with Crippen LogP contribution < -0.4 is 15.8 Å². The molecule has 1 fully saturated rings. The Labute approximate surface area is 126 Å².